The van der Waals surface area contributed by atoms with Crippen LogP contribution in [0.5, 0.6) is 5.75 Å². The third-order valence-corrected chi connectivity index (χ3v) is 5.07. The van der Waals surface area contributed by atoms with E-state index in [0.717, 1.165) is 0 Å². The number of amides is 2. The fourth-order valence-electron chi connectivity index (χ4n) is 3.39. The van der Waals surface area contributed by atoms with Gasteiger partial charge in [-0.3, -0.25) is 9.59 Å². The number of hydrogen-bond acceptors (Lipinski definition) is 6. The zero-order valence-electron chi connectivity index (χ0n) is 17.7. The smallest absolute Gasteiger partial charge is 0.251 e. The Morgan fingerprint density at radius 1 is 1.07 bits per heavy atom. The van der Waals surface area contributed by atoms with Crippen LogP contribution in [0.25, 0.3) is 0 Å². The number of ether oxygens (including phenoxy) is 1. The van der Waals surface area contributed by atoms with E-state index < -0.39 is 6.04 Å². The number of carbonyl (C=O) groups is 2. The van der Waals surface area contributed by atoms with E-state index >= 15 is 0 Å². The van der Waals surface area contributed by atoms with Gasteiger partial charge >= 0.3 is 0 Å². The lowest BCUT2D eigenvalue weighted by Crippen LogP contribution is -2.56. The van der Waals surface area contributed by atoms with Gasteiger partial charge < -0.3 is 19.9 Å². The van der Waals surface area contributed by atoms with Crippen molar-refractivity contribution in [2.75, 3.05) is 37.7 Å². The monoisotopic (exact) mass is 411 g/mol. The number of nitrogens with zero attached hydrogens (tertiary/aromatic N) is 4. The molecular formula is C22H29N5O3. The summed E-state index contributed by atoms with van der Waals surface area (Å²) in [6.45, 7) is 8.81. The molecule has 1 aliphatic heterocycles. The van der Waals surface area contributed by atoms with Gasteiger partial charge in [0.05, 0.1) is 6.61 Å². The highest BCUT2D eigenvalue weighted by Crippen LogP contribution is 2.15. The van der Waals surface area contributed by atoms with Gasteiger partial charge in [-0.25, -0.2) is 9.97 Å². The molecule has 2 amide bonds. The van der Waals surface area contributed by atoms with Crippen molar-refractivity contribution in [3.8, 4) is 5.75 Å². The lowest BCUT2D eigenvalue weighted by molar-refractivity contribution is -0.134. The van der Waals surface area contributed by atoms with Crippen molar-refractivity contribution in [1.82, 2.24) is 20.2 Å². The number of nitrogens with one attached hydrogen (secondary N) is 1. The third-order valence-electron chi connectivity index (χ3n) is 5.07. The molecule has 1 aromatic carbocycles. The fraction of sp³-hybridized carbons (Fsp3) is 0.455. The number of aromatic nitrogens is 2. The number of benzene rings is 1. The summed E-state index contributed by atoms with van der Waals surface area (Å²) >= 11 is 0. The Labute approximate surface area is 177 Å². The SMILES string of the molecule is CCOc1ccc(C(=O)N[C@@H](C(=O)N2CCN(c3ncccn3)CC2)C(C)C)cc1. The summed E-state index contributed by atoms with van der Waals surface area (Å²) in [5.74, 6) is 1.04. The molecule has 1 fully saturated rings. The highest BCUT2D eigenvalue weighted by molar-refractivity contribution is 5.97. The minimum absolute atomic E-state index is 0.0281. The van der Waals surface area contributed by atoms with Crippen molar-refractivity contribution in [1.29, 1.82) is 0 Å². The summed E-state index contributed by atoms with van der Waals surface area (Å²) in [6, 6.07) is 8.14. The number of anilines is 1. The molecule has 0 unspecified atom stereocenters. The van der Waals surface area contributed by atoms with Gasteiger partial charge in [0.1, 0.15) is 11.8 Å². The Bertz CT molecular complexity index is 834. The summed E-state index contributed by atoms with van der Waals surface area (Å²) in [5.41, 5.74) is 0.503. The predicted octanol–water partition coefficient (Wildman–Crippen LogP) is 1.98. The molecule has 1 aliphatic rings. The highest BCUT2D eigenvalue weighted by Gasteiger charge is 2.31. The second-order valence-electron chi connectivity index (χ2n) is 7.51. The summed E-state index contributed by atoms with van der Waals surface area (Å²) < 4.78 is 5.41. The lowest BCUT2D eigenvalue weighted by atomic mass is 10.0. The molecule has 1 N–H and O–H groups in total. The van der Waals surface area contributed by atoms with Crippen molar-refractivity contribution in [2.24, 2.45) is 5.92 Å². The molecule has 3 rings (SSSR count). The first-order valence-corrected chi connectivity index (χ1v) is 10.3. The number of piperazine rings is 1. The maximum Gasteiger partial charge on any atom is 0.251 e. The molecule has 0 radical (unpaired) electrons. The van der Waals surface area contributed by atoms with E-state index in [0.29, 0.717) is 50.0 Å². The lowest BCUT2D eigenvalue weighted by Gasteiger charge is -2.37. The van der Waals surface area contributed by atoms with Gasteiger partial charge in [0, 0.05) is 44.1 Å². The zero-order chi connectivity index (χ0) is 21.5. The van der Waals surface area contributed by atoms with Crippen LogP contribution in [-0.2, 0) is 4.79 Å². The molecule has 8 nitrogen and oxygen atoms in total. The molecule has 1 saturated heterocycles. The van der Waals surface area contributed by atoms with Crippen LogP contribution >= 0.6 is 0 Å². The van der Waals surface area contributed by atoms with Crippen LogP contribution in [0.3, 0.4) is 0 Å². The van der Waals surface area contributed by atoms with Crippen LogP contribution < -0.4 is 15.0 Å². The minimum Gasteiger partial charge on any atom is -0.494 e. The van der Waals surface area contributed by atoms with E-state index in [-0.39, 0.29) is 17.7 Å². The summed E-state index contributed by atoms with van der Waals surface area (Å²) in [6.07, 6.45) is 3.43. The number of hydrogen-bond donors (Lipinski definition) is 1. The standard InChI is InChI=1S/C22H29N5O3/c1-4-30-18-8-6-17(7-9-18)20(28)25-19(16(2)3)21(29)26-12-14-27(15-13-26)22-23-10-5-11-24-22/h5-11,16,19H,4,12-15H2,1-3H3,(H,25,28)/t19-/m1/s1. The second-order valence-corrected chi connectivity index (χ2v) is 7.51. The van der Waals surface area contributed by atoms with E-state index in [1.54, 1.807) is 42.7 Å². The largest absolute Gasteiger partial charge is 0.494 e. The molecule has 1 atom stereocenters. The van der Waals surface area contributed by atoms with Gasteiger partial charge in [-0.05, 0) is 43.2 Å². The molecule has 0 bridgehead atoms. The van der Waals surface area contributed by atoms with Crippen molar-refractivity contribution in [3.63, 3.8) is 0 Å². The molecule has 0 saturated carbocycles. The van der Waals surface area contributed by atoms with Gasteiger partial charge in [0.2, 0.25) is 11.9 Å². The molecule has 30 heavy (non-hydrogen) atoms. The predicted molar refractivity (Wildman–Crippen MR) is 115 cm³/mol. The average Bonchev–Trinajstić information content (AvgIpc) is 2.78. The summed E-state index contributed by atoms with van der Waals surface area (Å²) in [5, 5.41) is 2.91. The normalized spacial score (nSPS) is 15.1. The van der Waals surface area contributed by atoms with Gasteiger partial charge in [-0.2, -0.15) is 0 Å². The summed E-state index contributed by atoms with van der Waals surface area (Å²) in [7, 11) is 0. The maximum atomic E-state index is 13.1. The molecule has 8 heteroatoms. The number of rotatable bonds is 7. The summed E-state index contributed by atoms with van der Waals surface area (Å²) in [4.78, 5) is 38.2. The third kappa shape index (κ3) is 5.25. The van der Waals surface area contributed by atoms with Crippen LogP contribution in [0, 0.1) is 5.92 Å². The first-order valence-electron chi connectivity index (χ1n) is 10.3. The first-order chi connectivity index (χ1) is 14.5. The zero-order valence-corrected chi connectivity index (χ0v) is 17.7. The Balaban J connectivity index is 1.60. The van der Waals surface area contributed by atoms with Crippen molar-refractivity contribution < 1.29 is 14.3 Å². The Kier molecular flexibility index (Phi) is 7.21. The highest BCUT2D eigenvalue weighted by atomic mass is 16.5. The van der Waals surface area contributed by atoms with Crippen molar-refractivity contribution in [3.05, 3.63) is 48.3 Å². The first kappa shape index (κ1) is 21.5. The van der Waals surface area contributed by atoms with Crippen LogP contribution in [0.1, 0.15) is 31.1 Å². The van der Waals surface area contributed by atoms with E-state index in [1.807, 2.05) is 25.7 Å². The van der Waals surface area contributed by atoms with Crippen molar-refractivity contribution in [2.45, 2.75) is 26.8 Å². The van der Waals surface area contributed by atoms with Gasteiger partial charge in [-0.15, -0.1) is 0 Å². The molecule has 160 valence electrons. The number of carbonyl (C=O) groups excluding carboxylic acids is 2. The van der Waals surface area contributed by atoms with Gasteiger partial charge in [-0.1, -0.05) is 13.8 Å². The van der Waals surface area contributed by atoms with Gasteiger partial charge in [0.25, 0.3) is 5.91 Å². The molecule has 0 aliphatic carbocycles. The molecule has 1 aromatic heterocycles. The van der Waals surface area contributed by atoms with E-state index in [1.165, 1.54) is 0 Å². The molecule has 2 heterocycles. The Hall–Kier alpha value is -3.16. The van der Waals surface area contributed by atoms with E-state index in [4.69, 9.17) is 4.74 Å². The van der Waals surface area contributed by atoms with E-state index in [9.17, 15) is 9.59 Å². The second kappa shape index (κ2) is 10.0. The molecule has 0 spiro atoms. The average molecular weight is 412 g/mol. The van der Waals surface area contributed by atoms with Crippen LogP contribution in [0.2, 0.25) is 0 Å². The molecule has 2 aromatic rings. The topological polar surface area (TPSA) is 87.7 Å². The fourth-order valence-corrected chi connectivity index (χ4v) is 3.39. The van der Waals surface area contributed by atoms with Gasteiger partial charge in [0.15, 0.2) is 0 Å². The van der Waals surface area contributed by atoms with Crippen molar-refractivity contribution >= 4 is 17.8 Å². The minimum atomic E-state index is -0.580. The van der Waals surface area contributed by atoms with Crippen LogP contribution in [0.4, 0.5) is 5.95 Å². The quantitative estimate of drug-likeness (QED) is 0.750. The van der Waals surface area contributed by atoms with Crippen LogP contribution in [0.15, 0.2) is 42.7 Å². The van der Waals surface area contributed by atoms with Crippen LogP contribution in [-0.4, -0.2) is 65.5 Å². The Morgan fingerprint density at radius 2 is 1.70 bits per heavy atom. The molecular weight excluding hydrogens is 382 g/mol. The maximum absolute atomic E-state index is 13.1. The Morgan fingerprint density at radius 3 is 2.27 bits per heavy atom. The van der Waals surface area contributed by atoms with E-state index in [2.05, 4.69) is 20.2 Å².